The van der Waals surface area contributed by atoms with E-state index >= 15 is 0 Å². The summed E-state index contributed by atoms with van der Waals surface area (Å²) in [6, 6.07) is 3.98. The molecule has 0 atom stereocenters. The van der Waals surface area contributed by atoms with Crippen molar-refractivity contribution in [1.29, 1.82) is 0 Å². The van der Waals surface area contributed by atoms with Crippen molar-refractivity contribution in [3.63, 3.8) is 0 Å². The molecule has 0 aliphatic heterocycles. The third kappa shape index (κ3) is 5.54. The zero-order valence-electron chi connectivity index (χ0n) is 15.9. The van der Waals surface area contributed by atoms with E-state index in [0.29, 0.717) is 19.6 Å². The zero-order chi connectivity index (χ0) is 19.1. The van der Waals surface area contributed by atoms with Crippen LogP contribution in [0.3, 0.4) is 0 Å². The summed E-state index contributed by atoms with van der Waals surface area (Å²) < 4.78 is 1.94. The average Bonchev–Trinajstić information content (AvgIpc) is 3.45. The van der Waals surface area contributed by atoms with Crippen LogP contribution >= 0.6 is 0 Å². The molecule has 2 aromatic heterocycles. The number of nitrogens with one attached hydrogen (secondary N) is 3. The summed E-state index contributed by atoms with van der Waals surface area (Å²) in [6.07, 6.45) is 7.53. The highest BCUT2D eigenvalue weighted by molar-refractivity contribution is 5.81. The van der Waals surface area contributed by atoms with Gasteiger partial charge in [-0.05, 0) is 38.3 Å². The lowest BCUT2D eigenvalue weighted by Crippen LogP contribution is -2.41. The van der Waals surface area contributed by atoms with Gasteiger partial charge in [0.05, 0.1) is 6.54 Å². The van der Waals surface area contributed by atoms with Gasteiger partial charge in [0.25, 0.3) is 0 Å². The Hall–Kier alpha value is -2.90. The van der Waals surface area contributed by atoms with Gasteiger partial charge in [-0.3, -0.25) is 9.36 Å². The van der Waals surface area contributed by atoms with Crippen LogP contribution in [-0.2, 0) is 11.3 Å². The van der Waals surface area contributed by atoms with E-state index in [9.17, 15) is 4.79 Å². The van der Waals surface area contributed by atoms with Crippen LogP contribution in [-0.4, -0.2) is 46.0 Å². The maximum atomic E-state index is 11.6. The van der Waals surface area contributed by atoms with E-state index in [-0.39, 0.29) is 11.8 Å². The highest BCUT2D eigenvalue weighted by Crippen LogP contribution is 2.28. The van der Waals surface area contributed by atoms with Crippen molar-refractivity contribution in [3.8, 4) is 5.82 Å². The van der Waals surface area contributed by atoms with Crippen LogP contribution in [0, 0.1) is 12.8 Å². The van der Waals surface area contributed by atoms with Gasteiger partial charge in [0.2, 0.25) is 5.91 Å². The van der Waals surface area contributed by atoms with E-state index in [0.717, 1.165) is 42.6 Å². The molecule has 0 spiro atoms. The Balaban J connectivity index is 1.49. The second-order valence-electron chi connectivity index (χ2n) is 6.56. The highest BCUT2D eigenvalue weighted by Gasteiger charge is 2.28. The molecule has 0 unspecified atom stereocenters. The number of aromatic nitrogens is 3. The summed E-state index contributed by atoms with van der Waals surface area (Å²) in [7, 11) is 0. The molecule has 3 N–H and O–H groups in total. The topological polar surface area (TPSA) is 96.2 Å². The molecule has 8 nitrogen and oxygen atoms in total. The number of rotatable bonds is 8. The van der Waals surface area contributed by atoms with E-state index in [4.69, 9.17) is 0 Å². The number of carbonyl (C=O) groups is 1. The molecule has 2 heterocycles. The zero-order valence-corrected chi connectivity index (χ0v) is 15.9. The van der Waals surface area contributed by atoms with E-state index in [2.05, 4.69) is 30.9 Å². The number of hydrogen-bond donors (Lipinski definition) is 3. The lowest BCUT2D eigenvalue weighted by molar-refractivity contribution is -0.122. The van der Waals surface area contributed by atoms with Gasteiger partial charge in [-0.1, -0.05) is 6.07 Å². The largest absolute Gasteiger partial charge is 0.357 e. The van der Waals surface area contributed by atoms with E-state index in [1.54, 1.807) is 6.20 Å². The molecule has 0 radical (unpaired) electrons. The van der Waals surface area contributed by atoms with Crippen molar-refractivity contribution >= 4 is 11.9 Å². The maximum absolute atomic E-state index is 11.6. The van der Waals surface area contributed by atoms with Crippen LogP contribution in [0.1, 0.15) is 31.2 Å². The standard InChI is InChI=1S/C19H27N7O/c1-3-20-19(23-9-8-22-18(27)16-5-6-16)25-13-15-4-7-17(24-12-15)26-11-10-21-14(26)2/h4,7,10-12,16H,3,5-6,8-9,13H2,1-2H3,(H,22,27)(H2,20,23,25). The summed E-state index contributed by atoms with van der Waals surface area (Å²) in [5, 5.41) is 9.39. The minimum atomic E-state index is 0.165. The molecule has 2 aromatic rings. The van der Waals surface area contributed by atoms with E-state index in [1.165, 1.54) is 0 Å². The van der Waals surface area contributed by atoms with Gasteiger partial charge in [0, 0.05) is 44.1 Å². The Labute approximate surface area is 159 Å². The quantitative estimate of drug-likeness (QED) is 0.369. The van der Waals surface area contributed by atoms with Crippen molar-refractivity contribution in [1.82, 2.24) is 30.5 Å². The first-order valence-corrected chi connectivity index (χ1v) is 9.42. The molecule has 0 bridgehead atoms. The first-order valence-electron chi connectivity index (χ1n) is 9.42. The van der Waals surface area contributed by atoms with Crippen molar-refractivity contribution in [2.45, 2.75) is 33.2 Å². The summed E-state index contributed by atoms with van der Waals surface area (Å²) in [5.74, 6) is 2.88. The SMILES string of the molecule is CCNC(=NCc1ccc(-n2ccnc2C)nc1)NCCNC(=O)C1CC1. The average molecular weight is 369 g/mol. The monoisotopic (exact) mass is 369 g/mol. The molecular formula is C19H27N7O. The third-order valence-corrected chi connectivity index (χ3v) is 4.31. The number of pyridine rings is 1. The van der Waals surface area contributed by atoms with Crippen molar-refractivity contribution < 1.29 is 4.79 Å². The molecule has 27 heavy (non-hydrogen) atoms. The van der Waals surface area contributed by atoms with Crippen LogP contribution in [0.2, 0.25) is 0 Å². The number of imidazole rings is 1. The molecule has 1 amide bonds. The fraction of sp³-hybridized carbons (Fsp3) is 0.474. The minimum Gasteiger partial charge on any atom is -0.357 e. The van der Waals surface area contributed by atoms with Gasteiger partial charge in [0.15, 0.2) is 5.96 Å². The number of aliphatic imine (C=N–C) groups is 1. The molecular weight excluding hydrogens is 342 g/mol. The Morgan fingerprint density at radius 2 is 2.04 bits per heavy atom. The third-order valence-electron chi connectivity index (χ3n) is 4.31. The van der Waals surface area contributed by atoms with Gasteiger partial charge in [-0.15, -0.1) is 0 Å². The smallest absolute Gasteiger partial charge is 0.223 e. The fourth-order valence-corrected chi connectivity index (χ4v) is 2.64. The Morgan fingerprint density at radius 3 is 2.67 bits per heavy atom. The molecule has 1 aliphatic carbocycles. The van der Waals surface area contributed by atoms with Crippen molar-refractivity contribution in [3.05, 3.63) is 42.1 Å². The number of aryl methyl sites for hydroxylation is 1. The van der Waals surface area contributed by atoms with Crippen molar-refractivity contribution in [2.75, 3.05) is 19.6 Å². The lowest BCUT2D eigenvalue weighted by atomic mass is 10.3. The first-order chi connectivity index (χ1) is 13.2. The Kier molecular flexibility index (Phi) is 6.40. The van der Waals surface area contributed by atoms with Crippen LogP contribution < -0.4 is 16.0 Å². The Morgan fingerprint density at radius 1 is 1.22 bits per heavy atom. The number of carbonyl (C=O) groups excluding carboxylic acids is 1. The minimum absolute atomic E-state index is 0.165. The second-order valence-corrected chi connectivity index (χ2v) is 6.56. The van der Waals surface area contributed by atoms with E-state index in [1.807, 2.05) is 42.9 Å². The van der Waals surface area contributed by atoms with Gasteiger partial charge < -0.3 is 16.0 Å². The number of amides is 1. The lowest BCUT2D eigenvalue weighted by Gasteiger charge is -2.12. The molecule has 1 saturated carbocycles. The molecule has 1 fully saturated rings. The molecule has 8 heteroatoms. The van der Waals surface area contributed by atoms with Gasteiger partial charge in [0.1, 0.15) is 11.6 Å². The highest BCUT2D eigenvalue weighted by atomic mass is 16.2. The first kappa shape index (κ1) is 18.9. The van der Waals surface area contributed by atoms with Crippen LogP contribution in [0.15, 0.2) is 35.7 Å². The Bertz CT molecular complexity index is 778. The maximum Gasteiger partial charge on any atom is 0.223 e. The normalized spacial score (nSPS) is 14.1. The fourth-order valence-electron chi connectivity index (χ4n) is 2.64. The van der Waals surface area contributed by atoms with Gasteiger partial charge >= 0.3 is 0 Å². The van der Waals surface area contributed by atoms with Crippen LogP contribution in [0.25, 0.3) is 5.82 Å². The molecule has 0 saturated heterocycles. The molecule has 3 rings (SSSR count). The van der Waals surface area contributed by atoms with Gasteiger partial charge in [-0.25, -0.2) is 15.0 Å². The molecule has 144 valence electrons. The predicted octanol–water partition coefficient (Wildman–Crippen LogP) is 1.16. The summed E-state index contributed by atoms with van der Waals surface area (Å²) in [4.78, 5) is 24.9. The summed E-state index contributed by atoms with van der Waals surface area (Å²) in [6.45, 7) is 6.51. The van der Waals surface area contributed by atoms with E-state index < -0.39 is 0 Å². The summed E-state index contributed by atoms with van der Waals surface area (Å²) in [5.41, 5.74) is 1.02. The number of hydrogen-bond acceptors (Lipinski definition) is 4. The van der Waals surface area contributed by atoms with Crippen LogP contribution in [0.5, 0.6) is 0 Å². The van der Waals surface area contributed by atoms with Crippen LogP contribution in [0.4, 0.5) is 0 Å². The number of nitrogens with zero attached hydrogens (tertiary/aromatic N) is 4. The van der Waals surface area contributed by atoms with Gasteiger partial charge in [-0.2, -0.15) is 0 Å². The van der Waals surface area contributed by atoms with Crippen molar-refractivity contribution in [2.24, 2.45) is 10.9 Å². The number of guanidine groups is 1. The summed E-state index contributed by atoms with van der Waals surface area (Å²) >= 11 is 0. The molecule has 1 aliphatic rings. The molecule has 0 aromatic carbocycles. The second kappa shape index (κ2) is 9.16. The predicted molar refractivity (Wildman–Crippen MR) is 105 cm³/mol.